The van der Waals surface area contributed by atoms with Crippen LogP contribution in [-0.4, -0.2) is 5.11 Å². The van der Waals surface area contributed by atoms with Crippen LogP contribution in [0.3, 0.4) is 0 Å². The van der Waals surface area contributed by atoms with E-state index in [4.69, 9.17) is 5.26 Å². The van der Waals surface area contributed by atoms with Crippen LogP contribution in [0.25, 0.3) is 0 Å². The average molecular weight is 173 g/mol. The number of nitriles is 1. The number of hydrogen-bond acceptors (Lipinski definition) is 2. The normalized spacial score (nSPS) is 14.2. The fraction of sp³-hybridized carbons (Fsp3) is 0.182. The van der Waals surface area contributed by atoms with Crippen molar-refractivity contribution in [1.82, 2.24) is 0 Å². The number of benzene rings is 1. The van der Waals surface area contributed by atoms with E-state index >= 15 is 0 Å². The van der Waals surface area contributed by atoms with Crippen molar-refractivity contribution in [3.8, 4) is 6.07 Å². The third-order valence-electron chi connectivity index (χ3n) is 1.97. The van der Waals surface area contributed by atoms with Crippen LogP contribution in [0.5, 0.6) is 0 Å². The molecule has 1 N–H and O–H groups in total. The van der Waals surface area contributed by atoms with Crippen LogP contribution in [0.4, 0.5) is 0 Å². The number of aliphatic hydroxyl groups is 1. The van der Waals surface area contributed by atoms with Gasteiger partial charge in [0.15, 0.2) is 0 Å². The summed E-state index contributed by atoms with van der Waals surface area (Å²) in [6.07, 6.45) is 1.45. The summed E-state index contributed by atoms with van der Waals surface area (Å²) >= 11 is 0. The van der Waals surface area contributed by atoms with E-state index in [1.165, 1.54) is 6.08 Å². The van der Waals surface area contributed by atoms with Crippen molar-refractivity contribution in [2.45, 2.75) is 12.5 Å². The van der Waals surface area contributed by atoms with Crippen LogP contribution in [0.1, 0.15) is 18.1 Å². The van der Waals surface area contributed by atoms with Gasteiger partial charge in [-0.05, 0) is 24.6 Å². The second-order valence-corrected chi connectivity index (χ2v) is 3.04. The average Bonchev–Trinajstić information content (AvgIpc) is 2.18. The minimum absolute atomic E-state index is 0.541. The molecule has 0 bridgehead atoms. The van der Waals surface area contributed by atoms with Crippen molar-refractivity contribution in [2.75, 3.05) is 0 Å². The summed E-state index contributed by atoms with van der Waals surface area (Å²) in [4.78, 5) is 0. The van der Waals surface area contributed by atoms with E-state index in [2.05, 4.69) is 6.58 Å². The summed E-state index contributed by atoms with van der Waals surface area (Å²) in [5.74, 6) is 0. The molecule has 1 unspecified atom stereocenters. The van der Waals surface area contributed by atoms with Gasteiger partial charge in [0.25, 0.3) is 0 Å². The number of hydrogen-bond donors (Lipinski definition) is 1. The first-order chi connectivity index (χ1) is 6.10. The summed E-state index contributed by atoms with van der Waals surface area (Å²) in [6.45, 7) is 5.17. The number of nitrogens with zero attached hydrogens (tertiary/aromatic N) is 1. The third-order valence-corrected chi connectivity index (χ3v) is 1.97. The maximum absolute atomic E-state index is 9.79. The Hall–Kier alpha value is -1.59. The van der Waals surface area contributed by atoms with Gasteiger partial charge in [-0.2, -0.15) is 5.26 Å². The molecule has 1 rings (SSSR count). The zero-order valence-electron chi connectivity index (χ0n) is 7.49. The molecule has 1 aromatic rings. The molecule has 0 aliphatic heterocycles. The van der Waals surface area contributed by atoms with Gasteiger partial charge in [0.1, 0.15) is 5.60 Å². The van der Waals surface area contributed by atoms with Gasteiger partial charge in [0, 0.05) is 0 Å². The first-order valence-electron chi connectivity index (χ1n) is 3.97. The summed E-state index contributed by atoms with van der Waals surface area (Å²) < 4.78 is 0. The first-order valence-corrected chi connectivity index (χ1v) is 3.97. The topological polar surface area (TPSA) is 44.0 Å². The van der Waals surface area contributed by atoms with Crippen molar-refractivity contribution in [2.24, 2.45) is 0 Å². The van der Waals surface area contributed by atoms with Crippen LogP contribution >= 0.6 is 0 Å². The summed E-state index contributed by atoms with van der Waals surface area (Å²) in [7, 11) is 0. The Kier molecular flexibility index (Phi) is 2.50. The highest BCUT2D eigenvalue weighted by Crippen LogP contribution is 2.21. The molecule has 0 aliphatic carbocycles. The highest BCUT2D eigenvalue weighted by molar-refractivity contribution is 5.36. The van der Waals surface area contributed by atoms with Crippen LogP contribution < -0.4 is 0 Å². The molecule has 2 heteroatoms. The molecule has 0 saturated carbocycles. The van der Waals surface area contributed by atoms with Gasteiger partial charge in [-0.1, -0.05) is 24.8 Å². The van der Waals surface area contributed by atoms with Crippen LogP contribution in [0.2, 0.25) is 0 Å². The molecule has 0 heterocycles. The summed E-state index contributed by atoms with van der Waals surface area (Å²) in [6, 6.07) is 8.88. The Labute approximate surface area is 77.8 Å². The minimum Gasteiger partial charge on any atom is -0.381 e. The second kappa shape index (κ2) is 3.42. The molecule has 0 aliphatic rings. The molecule has 1 aromatic carbocycles. The van der Waals surface area contributed by atoms with Gasteiger partial charge in [-0.25, -0.2) is 0 Å². The molecular weight excluding hydrogens is 162 g/mol. The first kappa shape index (κ1) is 9.50. The second-order valence-electron chi connectivity index (χ2n) is 3.04. The van der Waals surface area contributed by atoms with Gasteiger partial charge in [0.2, 0.25) is 0 Å². The molecule has 66 valence electrons. The molecule has 0 radical (unpaired) electrons. The molecule has 13 heavy (non-hydrogen) atoms. The Balaban J connectivity index is 3.17. The largest absolute Gasteiger partial charge is 0.381 e. The zero-order valence-corrected chi connectivity index (χ0v) is 7.49. The van der Waals surface area contributed by atoms with Crippen molar-refractivity contribution in [1.29, 1.82) is 5.26 Å². The summed E-state index contributed by atoms with van der Waals surface area (Å²) in [5, 5.41) is 18.4. The van der Waals surface area contributed by atoms with Crippen LogP contribution in [0, 0.1) is 11.3 Å². The Morgan fingerprint density at radius 2 is 2.31 bits per heavy atom. The molecule has 0 amide bonds. The Morgan fingerprint density at radius 3 is 2.85 bits per heavy atom. The van der Waals surface area contributed by atoms with E-state index in [1.807, 2.05) is 6.07 Å². The van der Waals surface area contributed by atoms with E-state index < -0.39 is 5.60 Å². The quantitative estimate of drug-likeness (QED) is 0.695. The molecule has 1 atom stereocenters. The summed E-state index contributed by atoms with van der Waals surface area (Å²) in [5.41, 5.74) is 0.161. The monoisotopic (exact) mass is 173 g/mol. The highest BCUT2D eigenvalue weighted by Gasteiger charge is 2.18. The predicted molar refractivity (Wildman–Crippen MR) is 50.9 cm³/mol. The van der Waals surface area contributed by atoms with Crippen molar-refractivity contribution < 1.29 is 5.11 Å². The van der Waals surface area contributed by atoms with E-state index in [0.717, 1.165) is 0 Å². The molecule has 0 spiro atoms. The van der Waals surface area contributed by atoms with Gasteiger partial charge in [0.05, 0.1) is 11.6 Å². The zero-order chi connectivity index (χ0) is 9.90. The maximum Gasteiger partial charge on any atom is 0.105 e. The van der Waals surface area contributed by atoms with Crippen molar-refractivity contribution in [3.05, 3.63) is 48.0 Å². The minimum atomic E-state index is -1.06. The molecule has 2 nitrogen and oxygen atoms in total. The smallest absolute Gasteiger partial charge is 0.105 e. The third kappa shape index (κ3) is 1.95. The molecule has 0 saturated heterocycles. The Bertz CT molecular complexity index is 361. The Morgan fingerprint density at radius 1 is 1.62 bits per heavy atom. The van der Waals surface area contributed by atoms with Crippen molar-refractivity contribution in [3.63, 3.8) is 0 Å². The lowest BCUT2D eigenvalue weighted by Gasteiger charge is -2.18. The van der Waals surface area contributed by atoms with E-state index in [-0.39, 0.29) is 0 Å². The van der Waals surface area contributed by atoms with Crippen LogP contribution in [-0.2, 0) is 5.60 Å². The van der Waals surface area contributed by atoms with E-state index in [1.54, 1.807) is 31.2 Å². The lowest BCUT2D eigenvalue weighted by Crippen LogP contribution is -2.17. The van der Waals surface area contributed by atoms with Gasteiger partial charge in [-0.15, -0.1) is 0 Å². The van der Waals surface area contributed by atoms with Gasteiger partial charge in [-0.3, -0.25) is 0 Å². The highest BCUT2D eigenvalue weighted by atomic mass is 16.3. The van der Waals surface area contributed by atoms with Crippen LogP contribution in [0.15, 0.2) is 36.9 Å². The fourth-order valence-electron chi connectivity index (χ4n) is 1.02. The predicted octanol–water partition coefficient (Wildman–Crippen LogP) is 1.95. The van der Waals surface area contributed by atoms with Gasteiger partial charge >= 0.3 is 0 Å². The van der Waals surface area contributed by atoms with E-state index in [0.29, 0.717) is 11.1 Å². The van der Waals surface area contributed by atoms with E-state index in [9.17, 15) is 5.11 Å². The van der Waals surface area contributed by atoms with Crippen molar-refractivity contribution >= 4 is 0 Å². The lowest BCUT2D eigenvalue weighted by molar-refractivity contribution is 0.111. The van der Waals surface area contributed by atoms with Gasteiger partial charge < -0.3 is 5.11 Å². The molecule has 0 fully saturated rings. The standard InChI is InChI=1S/C11H11NO/c1-3-11(2,13)10-6-4-5-9(7-10)8-12/h3-7,13H,1H2,2H3. The maximum atomic E-state index is 9.79. The number of rotatable bonds is 2. The molecular formula is C11H11NO. The lowest BCUT2D eigenvalue weighted by atomic mass is 9.95. The SMILES string of the molecule is C=CC(C)(O)c1cccc(C#N)c1. The fourth-order valence-corrected chi connectivity index (χ4v) is 1.02. The molecule has 0 aromatic heterocycles.